The average molecular weight is 401 g/mol. The molecule has 0 saturated carbocycles. The lowest BCUT2D eigenvalue weighted by atomic mass is 9.97. The first-order valence-corrected chi connectivity index (χ1v) is 10.5. The number of sulfonamides is 1. The van der Waals surface area contributed by atoms with Crippen molar-refractivity contribution in [3.8, 4) is 0 Å². The molecule has 28 heavy (non-hydrogen) atoms. The van der Waals surface area contributed by atoms with Gasteiger partial charge in [0.2, 0.25) is 15.9 Å². The second-order valence-electron chi connectivity index (χ2n) is 6.64. The van der Waals surface area contributed by atoms with E-state index in [4.69, 9.17) is 0 Å². The highest BCUT2D eigenvalue weighted by molar-refractivity contribution is 7.89. The molecule has 2 N–H and O–H groups in total. The number of nitrogens with one attached hydrogen (secondary N) is 2. The van der Waals surface area contributed by atoms with Gasteiger partial charge in [-0.2, -0.15) is 4.31 Å². The van der Waals surface area contributed by atoms with Crippen LogP contribution in [0, 0.1) is 5.92 Å². The molecule has 148 valence electrons. The first kappa shape index (κ1) is 20.0. The van der Waals surface area contributed by atoms with Crippen molar-refractivity contribution < 1.29 is 18.0 Å². The van der Waals surface area contributed by atoms with E-state index < -0.39 is 10.0 Å². The molecule has 0 atom stereocenters. The van der Waals surface area contributed by atoms with E-state index in [0.717, 1.165) is 0 Å². The normalized spacial score (nSPS) is 15.8. The Bertz CT molecular complexity index is 935. The molecule has 1 fully saturated rings. The monoisotopic (exact) mass is 401 g/mol. The molecule has 1 saturated heterocycles. The Labute approximate surface area is 164 Å². The minimum Gasteiger partial charge on any atom is -0.355 e. The number of piperidine rings is 1. The lowest BCUT2D eigenvalue weighted by Gasteiger charge is -2.30. The van der Waals surface area contributed by atoms with Gasteiger partial charge >= 0.3 is 0 Å². The molecule has 3 rings (SSSR count). The zero-order valence-electron chi connectivity index (χ0n) is 15.6. The fraction of sp³-hybridized carbons (Fsp3) is 0.300. The first-order valence-electron chi connectivity index (χ1n) is 9.10. The summed E-state index contributed by atoms with van der Waals surface area (Å²) in [5.74, 6) is -0.574. The molecule has 8 heteroatoms. The van der Waals surface area contributed by atoms with Crippen molar-refractivity contribution in [2.45, 2.75) is 17.7 Å². The number of amides is 2. The second kappa shape index (κ2) is 8.53. The fourth-order valence-electron chi connectivity index (χ4n) is 3.19. The molecule has 2 amide bonds. The van der Waals surface area contributed by atoms with Crippen molar-refractivity contribution in [1.82, 2.24) is 9.62 Å². The van der Waals surface area contributed by atoms with E-state index in [1.807, 2.05) is 0 Å². The third-order valence-electron chi connectivity index (χ3n) is 4.85. The summed E-state index contributed by atoms with van der Waals surface area (Å²) < 4.78 is 26.8. The maximum atomic E-state index is 12.7. The van der Waals surface area contributed by atoms with Crippen molar-refractivity contribution in [1.29, 1.82) is 0 Å². The summed E-state index contributed by atoms with van der Waals surface area (Å²) in [6.45, 7) is 0.621. The molecular weight excluding hydrogens is 378 g/mol. The van der Waals surface area contributed by atoms with Crippen LogP contribution in [-0.2, 0) is 14.8 Å². The summed E-state index contributed by atoms with van der Waals surface area (Å²) in [5.41, 5.74) is 1.12. The summed E-state index contributed by atoms with van der Waals surface area (Å²) in [7, 11) is -1.96. The van der Waals surface area contributed by atoms with Gasteiger partial charge in [-0.3, -0.25) is 9.59 Å². The highest BCUT2D eigenvalue weighted by atomic mass is 32.2. The van der Waals surface area contributed by atoms with Crippen LogP contribution in [0.5, 0.6) is 0 Å². The maximum absolute atomic E-state index is 12.7. The Morgan fingerprint density at radius 1 is 0.964 bits per heavy atom. The van der Waals surface area contributed by atoms with E-state index in [0.29, 0.717) is 37.2 Å². The van der Waals surface area contributed by atoms with Crippen LogP contribution in [0.2, 0.25) is 0 Å². The Balaban J connectivity index is 1.57. The fourth-order valence-corrected chi connectivity index (χ4v) is 4.68. The topological polar surface area (TPSA) is 95.6 Å². The number of nitrogens with zero attached hydrogens (tertiary/aromatic N) is 1. The predicted octanol–water partition coefficient (Wildman–Crippen LogP) is 2.09. The van der Waals surface area contributed by atoms with Gasteiger partial charge in [-0.05, 0) is 49.2 Å². The molecular formula is C20H23N3O4S. The molecule has 1 aliphatic heterocycles. The number of anilines is 1. The van der Waals surface area contributed by atoms with E-state index in [-0.39, 0.29) is 22.6 Å². The summed E-state index contributed by atoms with van der Waals surface area (Å²) in [6, 6.07) is 15.0. The minimum absolute atomic E-state index is 0.135. The van der Waals surface area contributed by atoms with Crippen LogP contribution in [0.15, 0.2) is 59.5 Å². The Morgan fingerprint density at radius 2 is 1.57 bits per heavy atom. The van der Waals surface area contributed by atoms with E-state index in [2.05, 4.69) is 10.6 Å². The van der Waals surface area contributed by atoms with Crippen molar-refractivity contribution in [3.63, 3.8) is 0 Å². The zero-order valence-corrected chi connectivity index (χ0v) is 16.4. The molecule has 0 bridgehead atoms. The van der Waals surface area contributed by atoms with Gasteiger partial charge in [0.05, 0.1) is 4.90 Å². The maximum Gasteiger partial charge on any atom is 0.251 e. The number of hydrogen-bond donors (Lipinski definition) is 2. The largest absolute Gasteiger partial charge is 0.355 e. The summed E-state index contributed by atoms with van der Waals surface area (Å²) in [4.78, 5) is 24.3. The molecule has 2 aromatic rings. The quantitative estimate of drug-likeness (QED) is 0.802. The molecule has 1 aliphatic rings. The summed E-state index contributed by atoms with van der Waals surface area (Å²) in [5, 5.41) is 5.38. The van der Waals surface area contributed by atoms with Crippen molar-refractivity contribution in [3.05, 3.63) is 60.2 Å². The molecule has 0 unspecified atom stereocenters. The Hall–Kier alpha value is -2.71. The number of carbonyl (C=O) groups excluding carboxylic acids is 2. The average Bonchev–Trinajstić information content (AvgIpc) is 2.74. The van der Waals surface area contributed by atoms with Crippen LogP contribution < -0.4 is 10.6 Å². The summed E-state index contributed by atoms with van der Waals surface area (Å²) >= 11 is 0. The van der Waals surface area contributed by atoms with Crippen molar-refractivity contribution >= 4 is 27.5 Å². The zero-order chi connectivity index (χ0) is 20.1. The highest BCUT2D eigenvalue weighted by Crippen LogP contribution is 2.25. The van der Waals surface area contributed by atoms with Gasteiger partial charge in [0, 0.05) is 37.3 Å². The van der Waals surface area contributed by atoms with E-state index in [1.165, 1.54) is 4.31 Å². The van der Waals surface area contributed by atoms with E-state index in [9.17, 15) is 18.0 Å². The number of carbonyl (C=O) groups is 2. The molecule has 0 radical (unpaired) electrons. The Morgan fingerprint density at radius 3 is 2.14 bits per heavy atom. The van der Waals surface area contributed by atoms with E-state index in [1.54, 1.807) is 61.6 Å². The van der Waals surface area contributed by atoms with Gasteiger partial charge < -0.3 is 10.6 Å². The number of benzene rings is 2. The summed E-state index contributed by atoms with van der Waals surface area (Å²) in [6.07, 6.45) is 0.933. The number of hydrogen-bond acceptors (Lipinski definition) is 4. The lowest BCUT2D eigenvalue weighted by Crippen LogP contribution is -2.41. The molecule has 2 aromatic carbocycles. The lowest BCUT2D eigenvalue weighted by molar-refractivity contribution is -0.120. The van der Waals surface area contributed by atoms with Gasteiger partial charge in [0.1, 0.15) is 0 Å². The van der Waals surface area contributed by atoms with Crippen LogP contribution >= 0.6 is 0 Å². The van der Waals surface area contributed by atoms with Crippen LogP contribution in [0.1, 0.15) is 23.2 Å². The highest BCUT2D eigenvalue weighted by Gasteiger charge is 2.32. The number of rotatable bonds is 5. The standard InChI is InChI=1S/C20H23N3O4S/c1-21-19(24)15-7-9-17(10-8-15)22-20(25)16-11-13-23(14-12-16)28(26,27)18-5-3-2-4-6-18/h2-10,16H,11-14H2,1H3,(H,21,24)(H,22,25). The SMILES string of the molecule is CNC(=O)c1ccc(NC(=O)C2CCN(S(=O)(=O)c3ccccc3)CC2)cc1. The minimum atomic E-state index is -3.52. The second-order valence-corrected chi connectivity index (χ2v) is 8.58. The first-order chi connectivity index (χ1) is 13.4. The van der Waals surface area contributed by atoms with Crippen LogP contribution in [0.25, 0.3) is 0 Å². The van der Waals surface area contributed by atoms with Crippen LogP contribution in [0.4, 0.5) is 5.69 Å². The van der Waals surface area contributed by atoms with Crippen molar-refractivity contribution in [2.24, 2.45) is 5.92 Å². The van der Waals surface area contributed by atoms with Gasteiger partial charge in [-0.1, -0.05) is 18.2 Å². The van der Waals surface area contributed by atoms with Crippen LogP contribution in [0.3, 0.4) is 0 Å². The van der Waals surface area contributed by atoms with E-state index >= 15 is 0 Å². The predicted molar refractivity (Wildman–Crippen MR) is 106 cm³/mol. The van der Waals surface area contributed by atoms with Crippen LogP contribution in [-0.4, -0.2) is 44.7 Å². The Kier molecular flexibility index (Phi) is 6.11. The van der Waals surface area contributed by atoms with Gasteiger partial charge in [-0.15, -0.1) is 0 Å². The van der Waals surface area contributed by atoms with Crippen molar-refractivity contribution in [2.75, 3.05) is 25.5 Å². The van der Waals surface area contributed by atoms with Gasteiger partial charge in [-0.25, -0.2) is 8.42 Å². The van der Waals surface area contributed by atoms with Gasteiger partial charge in [0.15, 0.2) is 0 Å². The molecule has 7 nitrogen and oxygen atoms in total. The smallest absolute Gasteiger partial charge is 0.251 e. The molecule has 0 spiro atoms. The molecule has 0 aliphatic carbocycles. The van der Waals surface area contributed by atoms with Gasteiger partial charge in [0.25, 0.3) is 5.91 Å². The third-order valence-corrected chi connectivity index (χ3v) is 6.76. The molecule has 0 aromatic heterocycles. The molecule has 1 heterocycles. The third kappa shape index (κ3) is 4.40.